The standard InChI is InChI=1S/C24H36.C23H34O/c1-9-10-19-14-18(5)23(22(15-19)24(6,7)8)21-13-17(4)11-12-20(21)16(2)3;1-8-9-17-13-20(23(5,6)7)22(21(24)14-17)19-12-16(4)10-11-18(19)15(2)3/h13-15,20-21H,2,9-12H2,1,3-8H3;12-14,18-19,24H,2,8-11H2,1,3-7H3/t20-,21+;18-,19+/m00/s1. The number of phenols is 1. The lowest BCUT2D eigenvalue weighted by Crippen LogP contribution is -2.23. The van der Waals surface area contributed by atoms with Gasteiger partial charge in [0.15, 0.2) is 0 Å². The Bertz CT molecular complexity index is 1400. The number of hydrogen-bond donors (Lipinski definition) is 1. The summed E-state index contributed by atoms with van der Waals surface area (Å²) in [5.41, 5.74) is 15.4. The Morgan fingerprint density at radius 2 is 1.06 bits per heavy atom. The van der Waals surface area contributed by atoms with Crippen molar-refractivity contribution in [2.45, 2.75) is 164 Å². The molecule has 0 saturated carbocycles. The molecule has 2 aliphatic carbocycles. The van der Waals surface area contributed by atoms with Crippen LogP contribution in [0, 0.1) is 18.8 Å². The summed E-state index contributed by atoms with van der Waals surface area (Å²) in [5, 5.41) is 10.9. The number of rotatable bonds is 8. The SMILES string of the molecule is C=C(C)[C@@H]1CCC(C)=C[C@H]1c1c(C)cc(CCC)cc1C(C)(C)C.C=C(C)[C@@H]1CCC(C)=C[C@H]1c1c(O)cc(CCC)cc1C(C)(C)C. The molecule has 0 spiro atoms. The van der Waals surface area contributed by atoms with Gasteiger partial charge in [-0.15, -0.1) is 0 Å². The van der Waals surface area contributed by atoms with Crippen molar-refractivity contribution in [3.05, 3.63) is 111 Å². The number of aromatic hydroxyl groups is 1. The first-order chi connectivity index (χ1) is 22.3. The highest BCUT2D eigenvalue weighted by molar-refractivity contribution is 5.51. The molecule has 2 aromatic rings. The van der Waals surface area contributed by atoms with Crippen LogP contribution in [0.15, 0.2) is 71.9 Å². The number of phenolic OH excluding ortho intramolecular Hbond substituents is 1. The van der Waals surface area contributed by atoms with Crippen LogP contribution < -0.4 is 0 Å². The van der Waals surface area contributed by atoms with Crippen LogP contribution >= 0.6 is 0 Å². The lowest BCUT2D eigenvalue weighted by atomic mass is 9.68. The van der Waals surface area contributed by atoms with E-state index in [2.05, 4.69) is 134 Å². The quantitative estimate of drug-likeness (QED) is 0.282. The normalized spacial score (nSPS) is 21.5. The number of benzene rings is 2. The highest BCUT2D eigenvalue weighted by Crippen LogP contribution is 2.47. The van der Waals surface area contributed by atoms with Gasteiger partial charge in [0.1, 0.15) is 5.75 Å². The smallest absolute Gasteiger partial charge is 0.119 e. The van der Waals surface area contributed by atoms with E-state index in [0.29, 0.717) is 23.5 Å². The largest absolute Gasteiger partial charge is 0.508 e. The minimum Gasteiger partial charge on any atom is -0.508 e. The fourth-order valence-corrected chi connectivity index (χ4v) is 8.28. The summed E-state index contributed by atoms with van der Waals surface area (Å²) in [4.78, 5) is 0. The van der Waals surface area contributed by atoms with Gasteiger partial charge < -0.3 is 5.11 Å². The van der Waals surface area contributed by atoms with Gasteiger partial charge in [-0.05, 0) is 135 Å². The molecule has 264 valence electrons. The topological polar surface area (TPSA) is 20.2 Å². The Hall–Kier alpha value is -2.80. The van der Waals surface area contributed by atoms with Crippen molar-refractivity contribution in [2.24, 2.45) is 11.8 Å². The van der Waals surface area contributed by atoms with Gasteiger partial charge in [0.05, 0.1) is 0 Å². The predicted octanol–water partition coefficient (Wildman–Crippen LogP) is 13.9. The maximum absolute atomic E-state index is 10.9. The van der Waals surface area contributed by atoms with Crippen molar-refractivity contribution in [3.63, 3.8) is 0 Å². The van der Waals surface area contributed by atoms with Gasteiger partial charge in [-0.1, -0.05) is 134 Å². The predicted molar refractivity (Wildman–Crippen MR) is 213 cm³/mol. The molecule has 0 unspecified atom stereocenters. The second-order valence-electron chi connectivity index (χ2n) is 17.5. The van der Waals surface area contributed by atoms with Crippen molar-refractivity contribution >= 4 is 0 Å². The van der Waals surface area contributed by atoms with Gasteiger partial charge in [-0.25, -0.2) is 0 Å². The third-order valence-corrected chi connectivity index (χ3v) is 10.8. The zero-order chi connectivity index (χ0) is 36.1. The molecular formula is C47H70O. The Labute approximate surface area is 296 Å². The molecule has 2 aromatic carbocycles. The second kappa shape index (κ2) is 16.3. The van der Waals surface area contributed by atoms with Crippen molar-refractivity contribution in [1.29, 1.82) is 0 Å². The average Bonchev–Trinajstić information content (AvgIpc) is 2.96. The molecule has 0 amide bonds. The summed E-state index contributed by atoms with van der Waals surface area (Å²) in [6.45, 7) is 38.0. The van der Waals surface area contributed by atoms with E-state index >= 15 is 0 Å². The Kier molecular flexibility index (Phi) is 13.4. The maximum Gasteiger partial charge on any atom is 0.119 e. The van der Waals surface area contributed by atoms with E-state index in [-0.39, 0.29) is 16.7 Å². The average molecular weight is 651 g/mol. The fraction of sp³-hybridized carbons (Fsp3) is 0.574. The van der Waals surface area contributed by atoms with Crippen LogP contribution in [0.3, 0.4) is 0 Å². The van der Waals surface area contributed by atoms with Crippen molar-refractivity contribution in [3.8, 4) is 5.75 Å². The molecular weight excluding hydrogens is 581 g/mol. The van der Waals surface area contributed by atoms with Gasteiger partial charge in [0, 0.05) is 17.4 Å². The van der Waals surface area contributed by atoms with Crippen LogP contribution in [-0.2, 0) is 23.7 Å². The Balaban J connectivity index is 0.000000260. The molecule has 1 N–H and O–H groups in total. The molecule has 4 rings (SSSR count). The summed E-state index contributed by atoms with van der Waals surface area (Å²) in [7, 11) is 0. The second-order valence-corrected chi connectivity index (χ2v) is 17.5. The number of aryl methyl sites for hydroxylation is 3. The van der Waals surface area contributed by atoms with Crippen molar-refractivity contribution < 1.29 is 5.11 Å². The lowest BCUT2D eigenvalue weighted by Gasteiger charge is -2.36. The molecule has 1 heteroatoms. The van der Waals surface area contributed by atoms with Gasteiger partial charge in [0.2, 0.25) is 0 Å². The van der Waals surface area contributed by atoms with E-state index < -0.39 is 0 Å². The Morgan fingerprint density at radius 3 is 1.46 bits per heavy atom. The van der Waals surface area contributed by atoms with Gasteiger partial charge in [0.25, 0.3) is 0 Å². The summed E-state index contributed by atoms with van der Waals surface area (Å²) >= 11 is 0. The van der Waals surface area contributed by atoms with E-state index in [9.17, 15) is 5.11 Å². The third kappa shape index (κ3) is 9.67. The van der Waals surface area contributed by atoms with Crippen LogP contribution in [0.4, 0.5) is 0 Å². The molecule has 0 aliphatic heterocycles. The summed E-state index contributed by atoms with van der Waals surface area (Å²) < 4.78 is 0. The fourth-order valence-electron chi connectivity index (χ4n) is 8.28. The zero-order valence-corrected chi connectivity index (χ0v) is 33.3. The highest BCUT2D eigenvalue weighted by Gasteiger charge is 2.33. The van der Waals surface area contributed by atoms with E-state index in [1.807, 2.05) is 6.07 Å². The van der Waals surface area contributed by atoms with Crippen LogP contribution in [0.1, 0.15) is 172 Å². The van der Waals surface area contributed by atoms with Crippen LogP contribution in [-0.4, -0.2) is 5.11 Å². The monoisotopic (exact) mass is 651 g/mol. The first kappa shape index (κ1) is 39.6. The summed E-state index contributed by atoms with van der Waals surface area (Å²) in [6.07, 6.45) is 14.1. The van der Waals surface area contributed by atoms with Crippen molar-refractivity contribution in [2.75, 3.05) is 0 Å². The molecule has 0 heterocycles. The molecule has 0 bridgehead atoms. The molecule has 1 nitrogen and oxygen atoms in total. The van der Waals surface area contributed by atoms with Gasteiger partial charge >= 0.3 is 0 Å². The minimum atomic E-state index is 0.00931. The lowest BCUT2D eigenvalue weighted by molar-refractivity contribution is 0.426. The van der Waals surface area contributed by atoms with E-state index in [0.717, 1.165) is 31.2 Å². The maximum atomic E-state index is 10.9. The van der Waals surface area contributed by atoms with E-state index in [1.165, 1.54) is 75.8 Å². The molecule has 0 fully saturated rings. The molecule has 0 radical (unpaired) electrons. The Morgan fingerprint density at radius 1 is 0.667 bits per heavy atom. The molecule has 4 atom stereocenters. The highest BCUT2D eigenvalue weighted by atomic mass is 16.3. The van der Waals surface area contributed by atoms with Crippen molar-refractivity contribution in [1.82, 2.24) is 0 Å². The zero-order valence-electron chi connectivity index (χ0n) is 33.3. The summed E-state index contributed by atoms with van der Waals surface area (Å²) in [5.74, 6) is 2.18. The van der Waals surface area contributed by atoms with Crippen LogP contribution in [0.2, 0.25) is 0 Å². The third-order valence-electron chi connectivity index (χ3n) is 10.8. The molecule has 2 aliphatic rings. The van der Waals surface area contributed by atoms with Gasteiger partial charge in [-0.2, -0.15) is 0 Å². The van der Waals surface area contributed by atoms with Crippen LogP contribution in [0.25, 0.3) is 0 Å². The van der Waals surface area contributed by atoms with E-state index in [4.69, 9.17) is 0 Å². The minimum absolute atomic E-state index is 0.00931. The van der Waals surface area contributed by atoms with E-state index in [1.54, 1.807) is 5.56 Å². The summed E-state index contributed by atoms with van der Waals surface area (Å²) in [6, 6.07) is 9.23. The molecule has 0 saturated heterocycles. The number of allylic oxidation sites excluding steroid dienone is 6. The molecule has 48 heavy (non-hydrogen) atoms. The van der Waals surface area contributed by atoms with Gasteiger partial charge in [-0.3, -0.25) is 0 Å². The molecule has 0 aromatic heterocycles. The first-order valence-electron chi connectivity index (χ1n) is 19.0. The van der Waals surface area contributed by atoms with Crippen LogP contribution in [0.5, 0.6) is 5.75 Å². The first-order valence-corrected chi connectivity index (χ1v) is 19.0. The number of hydrogen-bond acceptors (Lipinski definition) is 1.